The van der Waals surface area contributed by atoms with E-state index >= 15 is 0 Å². The van der Waals surface area contributed by atoms with Gasteiger partial charge in [-0.2, -0.15) is 0 Å². The zero-order valence-electron chi connectivity index (χ0n) is 8.08. The second kappa shape index (κ2) is 3.42. The van der Waals surface area contributed by atoms with E-state index in [4.69, 9.17) is 5.11 Å². The molecule has 1 heterocycles. The Labute approximate surface area is 82.8 Å². The standard InChI is InChI=1S/C11H13NO2/c1-7-4-10-5-8(11(13)14)2-3-9(10)6-12-7/h2-3,5,7,12H,4,6H2,1H3,(H,13,14). The summed E-state index contributed by atoms with van der Waals surface area (Å²) in [6.07, 6.45) is 0.913. The van der Waals surface area contributed by atoms with Gasteiger partial charge >= 0.3 is 5.97 Å². The molecule has 1 aromatic rings. The van der Waals surface area contributed by atoms with Crippen molar-refractivity contribution in [2.45, 2.75) is 25.9 Å². The smallest absolute Gasteiger partial charge is 0.335 e. The minimum atomic E-state index is -0.848. The normalized spacial score (nSPS) is 20.2. The van der Waals surface area contributed by atoms with Gasteiger partial charge in [-0.25, -0.2) is 4.79 Å². The van der Waals surface area contributed by atoms with Crippen LogP contribution in [-0.2, 0) is 13.0 Å². The molecule has 0 fully saturated rings. The molecule has 2 N–H and O–H groups in total. The molecule has 1 atom stereocenters. The Kier molecular flexibility index (Phi) is 2.25. The van der Waals surface area contributed by atoms with Crippen molar-refractivity contribution < 1.29 is 9.90 Å². The van der Waals surface area contributed by atoms with Gasteiger partial charge in [-0.3, -0.25) is 0 Å². The van der Waals surface area contributed by atoms with E-state index in [0.29, 0.717) is 11.6 Å². The number of rotatable bonds is 1. The van der Waals surface area contributed by atoms with Gasteiger partial charge in [0.1, 0.15) is 0 Å². The van der Waals surface area contributed by atoms with E-state index < -0.39 is 5.97 Å². The molecule has 1 aromatic carbocycles. The molecule has 1 aliphatic rings. The first kappa shape index (κ1) is 9.21. The topological polar surface area (TPSA) is 49.3 Å². The first-order chi connectivity index (χ1) is 6.66. The van der Waals surface area contributed by atoms with Crippen LogP contribution in [0.25, 0.3) is 0 Å². The van der Waals surface area contributed by atoms with Gasteiger partial charge in [0.2, 0.25) is 0 Å². The minimum absolute atomic E-state index is 0.387. The molecule has 3 nitrogen and oxygen atoms in total. The van der Waals surface area contributed by atoms with E-state index in [2.05, 4.69) is 12.2 Å². The molecule has 0 spiro atoms. The van der Waals surface area contributed by atoms with Crippen LogP contribution in [0.1, 0.15) is 28.4 Å². The maximum absolute atomic E-state index is 10.8. The van der Waals surface area contributed by atoms with Crippen LogP contribution < -0.4 is 5.32 Å². The quantitative estimate of drug-likeness (QED) is 0.705. The van der Waals surface area contributed by atoms with Crippen molar-refractivity contribution in [2.75, 3.05) is 0 Å². The molecule has 0 radical (unpaired) electrons. The SMILES string of the molecule is CC1Cc2cc(C(=O)O)ccc2CN1. The summed E-state index contributed by atoms with van der Waals surface area (Å²) >= 11 is 0. The summed E-state index contributed by atoms with van der Waals surface area (Å²) < 4.78 is 0. The van der Waals surface area contributed by atoms with Crippen LogP contribution in [0.15, 0.2) is 18.2 Å². The van der Waals surface area contributed by atoms with Gasteiger partial charge in [0.15, 0.2) is 0 Å². The van der Waals surface area contributed by atoms with Crippen molar-refractivity contribution in [2.24, 2.45) is 0 Å². The Bertz CT molecular complexity index is 374. The second-order valence-electron chi connectivity index (χ2n) is 3.77. The predicted molar refractivity (Wildman–Crippen MR) is 53.4 cm³/mol. The van der Waals surface area contributed by atoms with Crippen LogP contribution in [0.3, 0.4) is 0 Å². The lowest BCUT2D eigenvalue weighted by atomic mass is 9.95. The van der Waals surface area contributed by atoms with E-state index in [1.807, 2.05) is 6.07 Å². The summed E-state index contributed by atoms with van der Waals surface area (Å²) in [6, 6.07) is 5.79. The molecule has 0 saturated carbocycles. The van der Waals surface area contributed by atoms with Crippen molar-refractivity contribution in [1.29, 1.82) is 0 Å². The van der Waals surface area contributed by atoms with E-state index in [1.165, 1.54) is 5.56 Å². The van der Waals surface area contributed by atoms with Crippen LogP contribution in [-0.4, -0.2) is 17.1 Å². The van der Waals surface area contributed by atoms with Crippen molar-refractivity contribution in [3.8, 4) is 0 Å². The highest BCUT2D eigenvalue weighted by atomic mass is 16.4. The van der Waals surface area contributed by atoms with Crippen LogP contribution in [0.4, 0.5) is 0 Å². The largest absolute Gasteiger partial charge is 0.478 e. The number of aromatic carboxylic acids is 1. The molecule has 1 unspecified atom stereocenters. The third-order valence-electron chi connectivity index (χ3n) is 2.62. The number of carbonyl (C=O) groups is 1. The number of benzene rings is 1. The zero-order chi connectivity index (χ0) is 10.1. The Morgan fingerprint density at radius 1 is 1.50 bits per heavy atom. The Hall–Kier alpha value is -1.35. The number of fused-ring (bicyclic) bond motifs is 1. The summed E-state index contributed by atoms with van der Waals surface area (Å²) in [5.41, 5.74) is 2.77. The van der Waals surface area contributed by atoms with Gasteiger partial charge in [-0.05, 0) is 36.6 Å². The molecule has 0 amide bonds. The average molecular weight is 191 g/mol. The lowest BCUT2D eigenvalue weighted by molar-refractivity contribution is 0.0696. The van der Waals surface area contributed by atoms with E-state index in [9.17, 15) is 4.79 Å². The van der Waals surface area contributed by atoms with E-state index in [-0.39, 0.29) is 0 Å². The molecular formula is C11H13NO2. The van der Waals surface area contributed by atoms with Crippen LogP contribution in [0, 0.1) is 0 Å². The van der Waals surface area contributed by atoms with Crippen LogP contribution in [0.5, 0.6) is 0 Å². The third-order valence-corrected chi connectivity index (χ3v) is 2.62. The average Bonchev–Trinajstić information content (AvgIpc) is 2.16. The van der Waals surface area contributed by atoms with Gasteiger partial charge < -0.3 is 10.4 Å². The minimum Gasteiger partial charge on any atom is -0.478 e. The molecule has 1 aliphatic heterocycles. The highest BCUT2D eigenvalue weighted by Crippen LogP contribution is 2.18. The molecule has 0 aromatic heterocycles. The molecule has 3 heteroatoms. The fraction of sp³-hybridized carbons (Fsp3) is 0.364. The van der Waals surface area contributed by atoms with E-state index in [1.54, 1.807) is 12.1 Å². The molecule has 14 heavy (non-hydrogen) atoms. The van der Waals surface area contributed by atoms with Gasteiger partial charge in [-0.1, -0.05) is 6.07 Å². The molecular weight excluding hydrogens is 178 g/mol. The number of hydrogen-bond donors (Lipinski definition) is 2. The maximum Gasteiger partial charge on any atom is 0.335 e. The summed E-state index contributed by atoms with van der Waals surface area (Å²) in [4.78, 5) is 10.8. The summed E-state index contributed by atoms with van der Waals surface area (Å²) in [7, 11) is 0. The monoisotopic (exact) mass is 191 g/mol. The molecule has 2 rings (SSSR count). The lowest BCUT2D eigenvalue weighted by Gasteiger charge is -2.23. The highest BCUT2D eigenvalue weighted by molar-refractivity contribution is 5.87. The Morgan fingerprint density at radius 3 is 3.00 bits per heavy atom. The maximum atomic E-state index is 10.8. The number of carboxylic acids is 1. The molecule has 0 aliphatic carbocycles. The van der Waals surface area contributed by atoms with Crippen molar-refractivity contribution in [1.82, 2.24) is 5.32 Å². The highest BCUT2D eigenvalue weighted by Gasteiger charge is 2.15. The summed E-state index contributed by atoms with van der Waals surface area (Å²) in [5.74, 6) is -0.848. The third kappa shape index (κ3) is 1.63. The van der Waals surface area contributed by atoms with Crippen molar-refractivity contribution in [3.05, 3.63) is 34.9 Å². The van der Waals surface area contributed by atoms with Gasteiger partial charge in [0.25, 0.3) is 0 Å². The second-order valence-corrected chi connectivity index (χ2v) is 3.77. The molecule has 0 bridgehead atoms. The van der Waals surface area contributed by atoms with Gasteiger partial charge in [0, 0.05) is 12.6 Å². The number of hydrogen-bond acceptors (Lipinski definition) is 2. The first-order valence-corrected chi connectivity index (χ1v) is 4.75. The zero-order valence-corrected chi connectivity index (χ0v) is 8.08. The van der Waals surface area contributed by atoms with Crippen LogP contribution >= 0.6 is 0 Å². The van der Waals surface area contributed by atoms with Gasteiger partial charge in [-0.15, -0.1) is 0 Å². The van der Waals surface area contributed by atoms with Crippen molar-refractivity contribution >= 4 is 5.97 Å². The summed E-state index contributed by atoms with van der Waals surface area (Å²) in [6.45, 7) is 2.95. The number of nitrogens with one attached hydrogen (secondary N) is 1. The first-order valence-electron chi connectivity index (χ1n) is 4.75. The Balaban J connectivity index is 2.37. The fourth-order valence-electron chi connectivity index (χ4n) is 1.81. The molecule has 74 valence electrons. The Morgan fingerprint density at radius 2 is 2.29 bits per heavy atom. The predicted octanol–water partition coefficient (Wildman–Crippen LogP) is 1.42. The van der Waals surface area contributed by atoms with Gasteiger partial charge in [0.05, 0.1) is 5.56 Å². The number of carboxylic acid groups (broad SMARTS) is 1. The van der Waals surface area contributed by atoms with Crippen LogP contribution in [0.2, 0.25) is 0 Å². The van der Waals surface area contributed by atoms with Crippen molar-refractivity contribution in [3.63, 3.8) is 0 Å². The molecule has 0 saturated heterocycles. The van der Waals surface area contributed by atoms with E-state index in [0.717, 1.165) is 18.5 Å². The lowest BCUT2D eigenvalue weighted by Crippen LogP contribution is -2.32. The summed E-state index contributed by atoms with van der Waals surface area (Å²) in [5, 5.41) is 12.2. The fourth-order valence-corrected chi connectivity index (χ4v) is 1.81.